The van der Waals surface area contributed by atoms with Gasteiger partial charge in [0.2, 0.25) is 0 Å². The highest BCUT2D eigenvalue weighted by Gasteiger charge is 2.28. The summed E-state index contributed by atoms with van der Waals surface area (Å²) in [7, 11) is 1.61. The van der Waals surface area contributed by atoms with Gasteiger partial charge in [-0.3, -0.25) is 9.69 Å². The third-order valence-electron chi connectivity index (χ3n) is 3.86. The number of ether oxygens (including phenoxy) is 2. The largest absolute Gasteiger partial charge is 0.493 e. The van der Waals surface area contributed by atoms with Crippen LogP contribution in [-0.4, -0.2) is 42.3 Å². The maximum Gasteiger partial charge on any atom is 0.320 e. The molecule has 0 radical (unpaired) electrons. The van der Waals surface area contributed by atoms with Crippen LogP contribution in [-0.2, 0) is 11.3 Å². The summed E-state index contributed by atoms with van der Waals surface area (Å²) >= 11 is 3.51. The maximum absolute atomic E-state index is 11.4. The van der Waals surface area contributed by atoms with Gasteiger partial charge in [-0.1, -0.05) is 6.42 Å². The number of carboxylic acids is 1. The minimum absolute atomic E-state index is 0.398. The van der Waals surface area contributed by atoms with Crippen LogP contribution in [0.5, 0.6) is 11.5 Å². The van der Waals surface area contributed by atoms with Gasteiger partial charge in [0.1, 0.15) is 6.04 Å². The van der Waals surface area contributed by atoms with E-state index in [1.165, 1.54) is 0 Å². The normalized spacial score (nSPS) is 19.0. The summed E-state index contributed by atoms with van der Waals surface area (Å²) in [6.45, 7) is 3.88. The van der Waals surface area contributed by atoms with E-state index in [1.54, 1.807) is 7.11 Å². The van der Waals surface area contributed by atoms with Gasteiger partial charge in [-0.05, 0) is 59.9 Å². The number of piperidine rings is 1. The van der Waals surface area contributed by atoms with Gasteiger partial charge in [0.25, 0.3) is 0 Å². The Morgan fingerprint density at radius 1 is 1.45 bits per heavy atom. The second-order valence-electron chi connectivity index (χ2n) is 5.36. The number of nitrogens with zero attached hydrogens (tertiary/aromatic N) is 1. The summed E-state index contributed by atoms with van der Waals surface area (Å²) in [5.74, 6) is 0.606. The van der Waals surface area contributed by atoms with Crippen LogP contribution in [0.15, 0.2) is 16.6 Å². The molecule has 0 aromatic heterocycles. The van der Waals surface area contributed by atoms with Crippen molar-refractivity contribution in [2.24, 2.45) is 0 Å². The van der Waals surface area contributed by atoms with Gasteiger partial charge in [-0.15, -0.1) is 0 Å². The Morgan fingerprint density at radius 3 is 2.86 bits per heavy atom. The molecule has 2 rings (SSSR count). The van der Waals surface area contributed by atoms with Crippen molar-refractivity contribution in [3.63, 3.8) is 0 Å². The van der Waals surface area contributed by atoms with Crippen LogP contribution in [0.4, 0.5) is 0 Å². The lowest BCUT2D eigenvalue weighted by Crippen LogP contribution is -2.44. The monoisotopic (exact) mass is 371 g/mol. The van der Waals surface area contributed by atoms with E-state index < -0.39 is 12.0 Å². The number of hydrogen-bond donors (Lipinski definition) is 1. The molecule has 5 nitrogen and oxygen atoms in total. The summed E-state index contributed by atoms with van der Waals surface area (Å²) in [5.41, 5.74) is 1.01. The number of benzene rings is 1. The predicted molar refractivity (Wildman–Crippen MR) is 87.5 cm³/mol. The molecule has 1 unspecified atom stereocenters. The first-order valence-corrected chi connectivity index (χ1v) is 8.32. The fourth-order valence-corrected chi connectivity index (χ4v) is 3.45. The number of halogens is 1. The number of rotatable bonds is 6. The highest BCUT2D eigenvalue weighted by molar-refractivity contribution is 9.10. The molecule has 1 aliphatic heterocycles. The van der Waals surface area contributed by atoms with E-state index in [2.05, 4.69) is 15.9 Å². The molecule has 0 bridgehead atoms. The summed E-state index contributed by atoms with van der Waals surface area (Å²) < 4.78 is 11.8. The Morgan fingerprint density at radius 2 is 2.23 bits per heavy atom. The van der Waals surface area contributed by atoms with Crippen LogP contribution >= 0.6 is 15.9 Å². The molecular formula is C16H22BrNO4. The summed E-state index contributed by atoms with van der Waals surface area (Å²) in [6.07, 6.45) is 2.73. The average molecular weight is 372 g/mol. The zero-order chi connectivity index (χ0) is 16.1. The van der Waals surface area contributed by atoms with Crippen molar-refractivity contribution in [1.29, 1.82) is 0 Å². The minimum Gasteiger partial charge on any atom is -0.493 e. The van der Waals surface area contributed by atoms with E-state index in [-0.39, 0.29) is 0 Å². The lowest BCUT2D eigenvalue weighted by molar-refractivity contribution is -0.144. The molecule has 0 aliphatic carbocycles. The van der Waals surface area contributed by atoms with Gasteiger partial charge < -0.3 is 14.6 Å². The Kier molecular flexibility index (Phi) is 6.08. The van der Waals surface area contributed by atoms with Crippen LogP contribution in [0.3, 0.4) is 0 Å². The zero-order valence-electron chi connectivity index (χ0n) is 13.0. The molecule has 0 amide bonds. The molecular weight excluding hydrogens is 350 g/mol. The minimum atomic E-state index is -0.739. The van der Waals surface area contributed by atoms with Crippen molar-refractivity contribution in [3.05, 3.63) is 22.2 Å². The van der Waals surface area contributed by atoms with Crippen LogP contribution in [0, 0.1) is 0 Å². The topological polar surface area (TPSA) is 59.0 Å². The lowest BCUT2D eigenvalue weighted by Gasteiger charge is -2.33. The number of carboxylic acid groups (broad SMARTS) is 1. The van der Waals surface area contributed by atoms with Crippen LogP contribution in [0.2, 0.25) is 0 Å². The molecule has 1 fully saturated rings. The number of methoxy groups -OCH3 is 1. The van der Waals surface area contributed by atoms with Crippen LogP contribution < -0.4 is 9.47 Å². The quantitative estimate of drug-likeness (QED) is 0.831. The molecule has 22 heavy (non-hydrogen) atoms. The van der Waals surface area contributed by atoms with Gasteiger partial charge >= 0.3 is 5.97 Å². The van der Waals surface area contributed by atoms with E-state index in [4.69, 9.17) is 9.47 Å². The van der Waals surface area contributed by atoms with E-state index in [0.717, 1.165) is 29.4 Å². The second kappa shape index (κ2) is 7.83. The fourth-order valence-electron chi connectivity index (χ4n) is 2.84. The zero-order valence-corrected chi connectivity index (χ0v) is 14.6. The molecule has 0 spiro atoms. The first-order valence-electron chi connectivity index (χ1n) is 7.52. The van der Waals surface area contributed by atoms with Gasteiger partial charge in [0.05, 0.1) is 18.2 Å². The molecule has 1 aromatic rings. The number of aliphatic carboxylic acids is 1. The SMILES string of the molecule is CCOc1c(Br)cc(CN2CCCCC2C(=O)O)cc1OC. The summed E-state index contributed by atoms with van der Waals surface area (Å²) in [4.78, 5) is 13.4. The lowest BCUT2D eigenvalue weighted by atomic mass is 10.0. The highest BCUT2D eigenvalue weighted by atomic mass is 79.9. The summed E-state index contributed by atoms with van der Waals surface area (Å²) in [6, 6.07) is 3.50. The van der Waals surface area contributed by atoms with Crippen molar-refractivity contribution in [2.75, 3.05) is 20.3 Å². The molecule has 122 valence electrons. The van der Waals surface area contributed by atoms with Gasteiger partial charge in [0, 0.05) is 6.54 Å². The van der Waals surface area contributed by atoms with E-state index in [9.17, 15) is 9.90 Å². The van der Waals surface area contributed by atoms with Gasteiger partial charge in [-0.25, -0.2) is 0 Å². The first-order chi connectivity index (χ1) is 10.6. The Bertz CT molecular complexity index is 535. The van der Waals surface area contributed by atoms with E-state index in [1.807, 2.05) is 24.0 Å². The first kappa shape index (κ1) is 17.1. The third kappa shape index (κ3) is 3.93. The maximum atomic E-state index is 11.4. The number of likely N-dealkylation sites (tertiary alicyclic amines) is 1. The predicted octanol–water partition coefficient (Wildman–Crippen LogP) is 3.30. The Labute approximate surface area is 139 Å². The average Bonchev–Trinajstić information content (AvgIpc) is 2.50. The van der Waals surface area contributed by atoms with Gasteiger partial charge in [0.15, 0.2) is 11.5 Å². The molecule has 1 atom stereocenters. The molecule has 0 saturated carbocycles. The molecule has 1 N–H and O–H groups in total. The van der Waals surface area contributed by atoms with Crippen LogP contribution in [0.25, 0.3) is 0 Å². The molecule has 1 heterocycles. The number of hydrogen-bond acceptors (Lipinski definition) is 4. The van der Waals surface area contributed by atoms with E-state index in [0.29, 0.717) is 31.1 Å². The Hall–Kier alpha value is -1.27. The third-order valence-corrected chi connectivity index (χ3v) is 4.45. The van der Waals surface area contributed by atoms with Crippen molar-refractivity contribution in [2.45, 2.75) is 38.8 Å². The van der Waals surface area contributed by atoms with Crippen molar-refractivity contribution in [1.82, 2.24) is 4.90 Å². The van der Waals surface area contributed by atoms with Crippen LogP contribution in [0.1, 0.15) is 31.7 Å². The highest BCUT2D eigenvalue weighted by Crippen LogP contribution is 2.37. The fraction of sp³-hybridized carbons (Fsp3) is 0.562. The molecule has 6 heteroatoms. The standard InChI is InChI=1S/C16H22BrNO4/c1-3-22-15-12(17)8-11(9-14(15)21-2)10-18-7-5-4-6-13(18)16(19)20/h8-9,13H,3-7,10H2,1-2H3,(H,19,20). The molecule has 1 saturated heterocycles. The van der Waals surface area contributed by atoms with E-state index >= 15 is 0 Å². The number of carbonyl (C=O) groups is 1. The summed E-state index contributed by atoms with van der Waals surface area (Å²) in [5, 5.41) is 9.36. The molecule has 1 aromatic carbocycles. The Balaban J connectivity index is 2.21. The second-order valence-corrected chi connectivity index (χ2v) is 6.22. The van der Waals surface area contributed by atoms with Crippen molar-refractivity contribution >= 4 is 21.9 Å². The van der Waals surface area contributed by atoms with Gasteiger partial charge in [-0.2, -0.15) is 0 Å². The van der Waals surface area contributed by atoms with Crippen molar-refractivity contribution < 1.29 is 19.4 Å². The smallest absolute Gasteiger partial charge is 0.320 e. The molecule has 1 aliphatic rings. The van der Waals surface area contributed by atoms with Crippen molar-refractivity contribution in [3.8, 4) is 11.5 Å².